The summed E-state index contributed by atoms with van der Waals surface area (Å²) < 4.78 is 16.3. The number of methoxy groups -OCH3 is 1. The molecule has 0 saturated carbocycles. The first-order chi connectivity index (χ1) is 13.6. The van der Waals surface area contributed by atoms with Crippen LogP contribution in [0, 0.1) is 6.92 Å². The minimum Gasteiger partial charge on any atom is -0.497 e. The number of ether oxygens (including phenoxy) is 2. The highest BCUT2D eigenvalue weighted by atomic mass is 16.5. The van der Waals surface area contributed by atoms with Crippen LogP contribution in [0.5, 0.6) is 11.5 Å². The predicted molar refractivity (Wildman–Crippen MR) is 108 cm³/mol. The first-order valence-corrected chi connectivity index (χ1v) is 8.83. The molecule has 0 saturated heterocycles. The van der Waals surface area contributed by atoms with Gasteiger partial charge < -0.3 is 13.9 Å². The van der Waals surface area contributed by atoms with Crippen molar-refractivity contribution in [3.63, 3.8) is 0 Å². The van der Waals surface area contributed by atoms with Crippen molar-refractivity contribution in [2.75, 3.05) is 13.7 Å². The van der Waals surface area contributed by atoms with E-state index in [1.54, 1.807) is 43.5 Å². The summed E-state index contributed by atoms with van der Waals surface area (Å²) in [6.45, 7) is 1.79. The Morgan fingerprint density at radius 2 is 1.75 bits per heavy atom. The Balaban J connectivity index is 1.65. The second-order valence-electron chi connectivity index (χ2n) is 6.49. The molecule has 0 amide bonds. The summed E-state index contributed by atoms with van der Waals surface area (Å²) in [4.78, 5) is 24.7. The van der Waals surface area contributed by atoms with E-state index in [9.17, 15) is 9.59 Å². The summed E-state index contributed by atoms with van der Waals surface area (Å²) in [6.07, 6.45) is 0. The number of hydrogen-bond acceptors (Lipinski definition) is 5. The van der Waals surface area contributed by atoms with Crippen LogP contribution >= 0.6 is 0 Å². The van der Waals surface area contributed by atoms with Crippen molar-refractivity contribution in [2.45, 2.75) is 6.92 Å². The molecule has 0 bridgehead atoms. The van der Waals surface area contributed by atoms with Gasteiger partial charge in [0.15, 0.2) is 12.4 Å². The average molecular weight is 374 g/mol. The van der Waals surface area contributed by atoms with Gasteiger partial charge in [0.25, 0.3) is 0 Å². The van der Waals surface area contributed by atoms with Crippen LogP contribution in [0.15, 0.2) is 69.9 Å². The maximum Gasteiger partial charge on any atom is 0.344 e. The van der Waals surface area contributed by atoms with Crippen molar-refractivity contribution in [1.29, 1.82) is 0 Å². The van der Waals surface area contributed by atoms with Gasteiger partial charge in [-0.25, -0.2) is 4.79 Å². The van der Waals surface area contributed by atoms with Crippen molar-refractivity contribution < 1.29 is 18.7 Å². The van der Waals surface area contributed by atoms with E-state index in [4.69, 9.17) is 13.9 Å². The molecule has 1 aromatic heterocycles. The van der Waals surface area contributed by atoms with E-state index in [-0.39, 0.29) is 12.4 Å². The molecule has 4 rings (SSSR count). The Bertz CT molecular complexity index is 1250. The lowest BCUT2D eigenvalue weighted by atomic mass is 10.0. The molecule has 0 spiro atoms. The lowest BCUT2D eigenvalue weighted by molar-refractivity contribution is 0.0921. The molecule has 5 heteroatoms. The van der Waals surface area contributed by atoms with Gasteiger partial charge in [-0.3, -0.25) is 4.79 Å². The molecule has 1 heterocycles. The lowest BCUT2D eigenvalue weighted by Gasteiger charge is -2.10. The van der Waals surface area contributed by atoms with Crippen molar-refractivity contribution in [1.82, 2.24) is 0 Å². The summed E-state index contributed by atoms with van der Waals surface area (Å²) in [5.41, 5.74) is 1.45. The first kappa shape index (κ1) is 17.8. The fraction of sp³-hybridized carbons (Fsp3) is 0.130. The molecular weight excluding hydrogens is 356 g/mol. The highest BCUT2D eigenvalue weighted by Gasteiger charge is 2.13. The number of hydrogen-bond donors (Lipinski definition) is 0. The summed E-state index contributed by atoms with van der Waals surface area (Å²) in [5, 5.41) is 2.24. The van der Waals surface area contributed by atoms with E-state index in [0.29, 0.717) is 28.0 Å². The van der Waals surface area contributed by atoms with Crippen LogP contribution in [0.4, 0.5) is 0 Å². The van der Waals surface area contributed by atoms with E-state index in [1.807, 2.05) is 31.2 Å². The van der Waals surface area contributed by atoms with Crippen LogP contribution in [0.1, 0.15) is 15.9 Å². The molecule has 0 atom stereocenters. The molecule has 0 N–H and O–H groups in total. The molecule has 0 aliphatic carbocycles. The largest absolute Gasteiger partial charge is 0.497 e. The molecule has 4 aromatic rings. The zero-order valence-electron chi connectivity index (χ0n) is 15.5. The average Bonchev–Trinajstić information content (AvgIpc) is 2.72. The van der Waals surface area contributed by atoms with Gasteiger partial charge in [-0.2, -0.15) is 0 Å². The van der Waals surface area contributed by atoms with Gasteiger partial charge in [0.1, 0.15) is 17.1 Å². The molecule has 0 fully saturated rings. The fourth-order valence-corrected chi connectivity index (χ4v) is 3.29. The minimum absolute atomic E-state index is 0.129. The summed E-state index contributed by atoms with van der Waals surface area (Å²) in [6, 6.07) is 17.7. The Morgan fingerprint density at radius 3 is 2.54 bits per heavy atom. The number of aryl methyl sites for hydroxylation is 1. The van der Waals surface area contributed by atoms with Gasteiger partial charge in [0, 0.05) is 22.4 Å². The molecule has 0 unspecified atom stereocenters. The van der Waals surface area contributed by atoms with Crippen molar-refractivity contribution >= 4 is 27.5 Å². The van der Waals surface area contributed by atoms with E-state index in [2.05, 4.69) is 0 Å². The molecule has 3 aromatic carbocycles. The number of carbonyl (C=O) groups is 1. The Morgan fingerprint density at radius 1 is 0.964 bits per heavy atom. The predicted octanol–water partition coefficient (Wildman–Crippen LogP) is 4.52. The second-order valence-corrected chi connectivity index (χ2v) is 6.49. The fourth-order valence-electron chi connectivity index (χ4n) is 3.29. The van der Waals surface area contributed by atoms with Crippen LogP contribution in [0.3, 0.4) is 0 Å². The molecule has 140 valence electrons. The maximum atomic E-state index is 12.4. The zero-order valence-corrected chi connectivity index (χ0v) is 15.5. The van der Waals surface area contributed by atoms with Gasteiger partial charge in [-0.05, 0) is 36.8 Å². The third-order valence-corrected chi connectivity index (χ3v) is 4.65. The molecule has 0 aliphatic rings. The topological polar surface area (TPSA) is 65.7 Å². The first-order valence-electron chi connectivity index (χ1n) is 8.83. The third kappa shape index (κ3) is 3.22. The lowest BCUT2D eigenvalue weighted by Crippen LogP contribution is -2.12. The molecule has 0 aliphatic heterocycles. The van der Waals surface area contributed by atoms with E-state index in [1.165, 1.54) is 0 Å². The number of fused-ring (bicyclic) bond motifs is 3. The smallest absolute Gasteiger partial charge is 0.344 e. The van der Waals surface area contributed by atoms with Gasteiger partial charge in [-0.15, -0.1) is 0 Å². The Labute approximate surface area is 161 Å². The number of rotatable bonds is 5. The maximum absolute atomic E-state index is 12.4. The molecule has 28 heavy (non-hydrogen) atoms. The summed E-state index contributed by atoms with van der Waals surface area (Å²) in [5.74, 6) is 0.914. The van der Waals surface area contributed by atoms with Crippen LogP contribution in [-0.4, -0.2) is 19.5 Å². The molecular formula is C23H18O5. The molecule has 0 radical (unpaired) electrons. The zero-order chi connectivity index (χ0) is 19.7. The third-order valence-electron chi connectivity index (χ3n) is 4.65. The number of benzene rings is 3. The van der Waals surface area contributed by atoms with E-state index in [0.717, 1.165) is 16.3 Å². The van der Waals surface area contributed by atoms with Gasteiger partial charge >= 0.3 is 5.63 Å². The Hall–Kier alpha value is -3.60. The summed E-state index contributed by atoms with van der Waals surface area (Å²) >= 11 is 0. The number of Topliss-reactive ketones (excluding diaryl/α,β-unsaturated/α-hetero) is 1. The number of ketones is 1. The highest BCUT2D eigenvalue weighted by molar-refractivity contribution is 6.06. The molecule has 5 nitrogen and oxygen atoms in total. The Kier molecular flexibility index (Phi) is 4.57. The van der Waals surface area contributed by atoms with E-state index < -0.39 is 5.63 Å². The van der Waals surface area contributed by atoms with Crippen molar-refractivity contribution in [3.8, 4) is 11.5 Å². The monoisotopic (exact) mass is 374 g/mol. The van der Waals surface area contributed by atoms with Gasteiger partial charge in [0.2, 0.25) is 0 Å². The standard InChI is InChI=1S/C23H18O5/c1-14-10-17(27-13-20(24)15-6-5-7-16(11-15)26-2)12-21-22(14)18-8-3-4-9-19(18)23(25)28-21/h3-12H,13H2,1-2H3. The normalized spacial score (nSPS) is 10.9. The van der Waals surface area contributed by atoms with Crippen molar-refractivity contribution in [3.05, 3.63) is 82.2 Å². The van der Waals surface area contributed by atoms with Crippen LogP contribution < -0.4 is 15.1 Å². The van der Waals surface area contributed by atoms with E-state index >= 15 is 0 Å². The quantitative estimate of drug-likeness (QED) is 0.292. The second kappa shape index (κ2) is 7.19. The SMILES string of the molecule is COc1cccc(C(=O)COc2cc(C)c3c(c2)oc(=O)c2ccccc23)c1. The summed E-state index contributed by atoms with van der Waals surface area (Å²) in [7, 11) is 1.55. The van der Waals surface area contributed by atoms with Crippen LogP contribution in [0.25, 0.3) is 21.7 Å². The van der Waals surface area contributed by atoms with Gasteiger partial charge in [0.05, 0.1) is 12.5 Å². The van der Waals surface area contributed by atoms with Crippen LogP contribution in [0.2, 0.25) is 0 Å². The minimum atomic E-state index is -0.396. The van der Waals surface area contributed by atoms with Gasteiger partial charge in [-0.1, -0.05) is 30.3 Å². The highest BCUT2D eigenvalue weighted by Crippen LogP contribution is 2.30. The van der Waals surface area contributed by atoms with Crippen LogP contribution in [-0.2, 0) is 0 Å². The van der Waals surface area contributed by atoms with Crippen molar-refractivity contribution in [2.24, 2.45) is 0 Å². The number of carbonyl (C=O) groups excluding carboxylic acids is 1.